The molecule has 1 fully saturated rings. The molecule has 9 nitrogen and oxygen atoms in total. The molecule has 2 aromatic carbocycles. The van der Waals surface area contributed by atoms with Crippen molar-refractivity contribution in [2.45, 2.75) is 19.3 Å². The van der Waals surface area contributed by atoms with Crippen molar-refractivity contribution in [3.63, 3.8) is 0 Å². The summed E-state index contributed by atoms with van der Waals surface area (Å²) < 4.78 is 45.1. The third-order valence-corrected chi connectivity index (χ3v) is 5.96. The lowest BCUT2D eigenvalue weighted by atomic mass is 9.89. The Labute approximate surface area is 210 Å². The molecule has 0 saturated carbocycles. The standard InChI is InChI=1S/C25H35NO5.H3NO2S/c1-27-22-7-5-20(24(17-22)29-3)15-19(9-10-26-11-13-31-14-12-26)16-21-6-8-23(28-2)18-25(21)30-4;1-4(2)3/h5-8,17-19H,9-16H2,1-4H3;1H2,(H,2,3)/p-1. The van der Waals surface area contributed by atoms with Gasteiger partial charge >= 0.3 is 0 Å². The number of hydrogen-bond donors (Lipinski definition) is 1. The molecule has 1 heterocycles. The van der Waals surface area contributed by atoms with Gasteiger partial charge in [0.1, 0.15) is 23.0 Å². The molecule has 0 radical (unpaired) electrons. The van der Waals surface area contributed by atoms with E-state index in [0.29, 0.717) is 5.92 Å². The zero-order chi connectivity index (χ0) is 25.6. The quantitative estimate of drug-likeness (QED) is 0.460. The van der Waals surface area contributed by atoms with Crippen molar-refractivity contribution in [3.8, 4) is 23.0 Å². The Hall–Kier alpha value is -2.37. The SMILES string of the molecule is COc1ccc(CC(CCN2CCOCC2)Cc2ccc(OC)cc2OC)c(OC)c1.NS(=O)[O-]. The molecule has 196 valence electrons. The van der Waals surface area contributed by atoms with Crippen LogP contribution in [0.4, 0.5) is 0 Å². The number of ether oxygens (including phenoxy) is 5. The maximum atomic E-state index is 8.78. The second-order valence-electron chi connectivity index (χ2n) is 8.13. The normalized spacial score (nSPS) is 14.6. The summed E-state index contributed by atoms with van der Waals surface area (Å²) in [6.07, 6.45) is 2.93. The number of benzene rings is 2. The van der Waals surface area contributed by atoms with Gasteiger partial charge in [0, 0.05) is 36.5 Å². The molecule has 0 bridgehead atoms. The minimum Gasteiger partial charge on any atom is -0.760 e. The number of hydrogen-bond acceptors (Lipinski definition) is 8. The van der Waals surface area contributed by atoms with Gasteiger partial charge in [-0.05, 0) is 55.0 Å². The molecule has 3 rings (SSSR count). The lowest BCUT2D eigenvalue weighted by Gasteiger charge is -2.29. The van der Waals surface area contributed by atoms with Gasteiger partial charge in [0.2, 0.25) is 0 Å². The summed E-state index contributed by atoms with van der Waals surface area (Å²) in [6, 6.07) is 12.2. The number of morpholine rings is 1. The molecule has 10 heteroatoms. The molecular formula is C25H37N2O7S-. The van der Waals surface area contributed by atoms with Crippen LogP contribution >= 0.6 is 0 Å². The van der Waals surface area contributed by atoms with Gasteiger partial charge < -0.3 is 28.2 Å². The highest BCUT2D eigenvalue weighted by Gasteiger charge is 2.19. The molecule has 0 aliphatic carbocycles. The predicted octanol–water partition coefficient (Wildman–Crippen LogP) is 2.58. The van der Waals surface area contributed by atoms with E-state index in [1.807, 2.05) is 24.3 Å². The molecule has 0 spiro atoms. The summed E-state index contributed by atoms with van der Waals surface area (Å²) in [5, 5.41) is 4.03. The van der Waals surface area contributed by atoms with E-state index in [1.54, 1.807) is 28.4 Å². The zero-order valence-corrected chi connectivity index (χ0v) is 21.8. The van der Waals surface area contributed by atoms with Crippen molar-refractivity contribution in [3.05, 3.63) is 47.5 Å². The van der Waals surface area contributed by atoms with Crippen LogP contribution in [0.3, 0.4) is 0 Å². The molecule has 1 aliphatic rings. The Morgan fingerprint density at radius 1 is 0.914 bits per heavy atom. The Balaban J connectivity index is 0.00000100. The third-order valence-electron chi connectivity index (χ3n) is 5.96. The first-order chi connectivity index (χ1) is 16.9. The molecule has 0 amide bonds. The van der Waals surface area contributed by atoms with Crippen LogP contribution in [0.25, 0.3) is 0 Å². The largest absolute Gasteiger partial charge is 0.760 e. The number of methoxy groups -OCH3 is 4. The van der Waals surface area contributed by atoms with Gasteiger partial charge in [0.25, 0.3) is 0 Å². The maximum absolute atomic E-state index is 8.78. The minimum absolute atomic E-state index is 0.437. The highest BCUT2D eigenvalue weighted by atomic mass is 32.2. The summed E-state index contributed by atoms with van der Waals surface area (Å²) in [6.45, 7) is 4.71. The fourth-order valence-electron chi connectivity index (χ4n) is 4.13. The molecular weight excluding hydrogens is 472 g/mol. The molecule has 2 aromatic rings. The van der Waals surface area contributed by atoms with Gasteiger partial charge in [-0.25, -0.2) is 0 Å². The van der Waals surface area contributed by atoms with Crippen molar-refractivity contribution >= 4 is 11.3 Å². The van der Waals surface area contributed by atoms with Gasteiger partial charge in [0.15, 0.2) is 0 Å². The summed E-state index contributed by atoms with van der Waals surface area (Å²) in [4.78, 5) is 2.49. The maximum Gasteiger partial charge on any atom is 0.125 e. The van der Waals surface area contributed by atoms with Crippen LogP contribution in [0.2, 0.25) is 0 Å². The average molecular weight is 510 g/mol. The highest BCUT2D eigenvalue weighted by molar-refractivity contribution is 7.76. The molecule has 1 aliphatic heterocycles. The average Bonchev–Trinajstić information content (AvgIpc) is 2.87. The molecule has 2 N–H and O–H groups in total. The summed E-state index contributed by atoms with van der Waals surface area (Å²) >= 11 is -2.36. The van der Waals surface area contributed by atoms with Crippen LogP contribution in [0.15, 0.2) is 36.4 Å². The van der Waals surface area contributed by atoms with Crippen molar-refractivity contribution < 1.29 is 32.4 Å². The van der Waals surface area contributed by atoms with E-state index in [2.05, 4.69) is 22.2 Å². The number of rotatable bonds is 11. The Kier molecular flexibility index (Phi) is 12.9. The first-order valence-electron chi connectivity index (χ1n) is 11.5. The number of nitrogens with zero attached hydrogens (tertiary/aromatic N) is 1. The first-order valence-corrected chi connectivity index (χ1v) is 12.6. The fourth-order valence-corrected chi connectivity index (χ4v) is 4.13. The van der Waals surface area contributed by atoms with Crippen molar-refractivity contribution in [2.24, 2.45) is 11.1 Å². The van der Waals surface area contributed by atoms with Gasteiger partial charge in [-0.2, -0.15) is 0 Å². The van der Waals surface area contributed by atoms with Crippen LogP contribution in [0.1, 0.15) is 17.5 Å². The minimum atomic E-state index is -2.36. The van der Waals surface area contributed by atoms with Gasteiger partial charge in [0.05, 0.1) is 41.7 Å². The molecule has 0 aromatic heterocycles. The molecule has 1 atom stereocenters. The number of nitrogens with two attached hydrogens (primary N) is 1. The van der Waals surface area contributed by atoms with E-state index in [9.17, 15) is 0 Å². The van der Waals surface area contributed by atoms with E-state index in [4.69, 9.17) is 32.4 Å². The van der Waals surface area contributed by atoms with E-state index in [1.165, 1.54) is 11.1 Å². The second kappa shape index (κ2) is 15.6. The Morgan fingerprint density at radius 3 is 1.77 bits per heavy atom. The van der Waals surface area contributed by atoms with Gasteiger partial charge in [-0.1, -0.05) is 12.1 Å². The monoisotopic (exact) mass is 509 g/mol. The predicted molar refractivity (Wildman–Crippen MR) is 135 cm³/mol. The van der Waals surface area contributed by atoms with E-state index in [0.717, 1.165) is 75.1 Å². The first kappa shape index (κ1) is 28.9. The Morgan fingerprint density at radius 2 is 1.37 bits per heavy atom. The summed E-state index contributed by atoms with van der Waals surface area (Å²) in [7, 11) is 6.78. The lowest BCUT2D eigenvalue weighted by molar-refractivity contribution is 0.0353. The topological polar surface area (TPSA) is 116 Å². The van der Waals surface area contributed by atoms with Crippen LogP contribution in [0, 0.1) is 5.92 Å². The van der Waals surface area contributed by atoms with E-state index < -0.39 is 11.3 Å². The summed E-state index contributed by atoms with van der Waals surface area (Å²) in [5.74, 6) is 3.80. The Bertz CT molecular complexity index is 861. The molecule has 1 unspecified atom stereocenters. The molecule has 35 heavy (non-hydrogen) atoms. The second-order valence-corrected chi connectivity index (χ2v) is 8.65. The van der Waals surface area contributed by atoms with Gasteiger partial charge in [-0.15, -0.1) is 0 Å². The fraction of sp³-hybridized carbons (Fsp3) is 0.520. The van der Waals surface area contributed by atoms with E-state index in [-0.39, 0.29) is 0 Å². The van der Waals surface area contributed by atoms with Crippen LogP contribution < -0.4 is 24.1 Å². The summed E-state index contributed by atoms with van der Waals surface area (Å²) in [5.41, 5.74) is 2.39. The third kappa shape index (κ3) is 10.0. The van der Waals surface area contributed by atoms with Crippen LogP contribution in [-0.4, -0.2) is 74.9 Å². The zero-order valence-electron chi connectivity index (χ0n) is 21.0. The van der Waals surface area contributed by atoms with Crippen molar-refractivity contribution in [1.82, 2.24) is 4.90 Å². The van der Waals surface area contributed by atoms with Crippen LogP contribution in [0.5, 0.6) is 23.0 Å². The van der Waals surface area contributed by atoms with E-state index >= 15 is 0 Å². The van der Waals surface area contributed by atoms with Crippen LogP contribution in [-0.2, 0) is 28.8 Å². The van der Waals surface area contributed by atoms with Gasteiger partial charge in [-0.3, -0.25) is 14.2 Å². The smallest absolute Gasteiger partial charge is 0.125 e. The van der Waals surface area contributed by atoms with Crippen molar-refractivity contribution in [1.29, 1.82) is 0 Å². The van der Waals surface area contributed by atoms with Crippen molar-refractivity contribution in [2.75, 3.05) is 61.3 Å². The highest BCUT2D eigenvalue weighted by Crippen LogP contribution is 2.32. The lowest BCUT2D eigenvalue weighted by Crippen LogP contribution is -2.37. The molecule has 1 saturated heterocycles.